The average molecular weight is 319 g/mol. The predicted octanol–water partition coefficient (Wildman–Crippen LogP) is 2.16. The lowest BCUT2D eigenvalue weighted by Gasteiger charge is -2.21. The Morgan fingerprint density at radius 3 is 2.60 bits per heavy atom. The highest BCUT2D eigenvalue weighted by Gasteiger charge is 2.13. The van der Waals surface area contributed by atoms with Crippen LogP contribution in [0.1, 0.15) is 17.7 Å². The lowest BCUT2D eigenvalue weighted by atomic mass is 10.3. The van der Waals surface area contributed by atoms with E-state index in [1.165, 1.54) is 11.3 Å². The topological polar surface area (TPSA) is 60.9 Å². The molecule has 0 aliphatic carbocycles. The van der Waals surface area contributed by atoms with Gasteiger partial charge in [-0.15, -0.1) is 11.3 Å². The second kappa shape index (κ2) is 8.24. The Morgan fingerprint density at radius 1 is 1.35 bits per heavy atom. The maximum atomic E-state index is 12.0. The number of hydrogen-bond acceptors (Lipinski definition) is 4. The van der Waals surface area contributed by atoms with Gasteiger partial charge in [-0.3, -0.25) is 14.5 Å². The van der Waals surface area contributed by atoms with E-state index >= 15 is 0 Å². The number of carboxylic acid groups (broad SMARTS) is 1. The predicted molar refractivity (Wildman–Crippen MR) is 80.2 cm³/mol. The zero-order chi connectivity index (χ0) is 15.1. The zero-order valence-electron chi connectivity index (χ0n) is 11.6. The fourth-order valence-corrected chi connectivity index (χ4v) is 2.83. The van der Waals surface area contributed by atoms with Crippen LogP contribution in [0.3, 0.4) is 0 Å². The number of rotatable bonds is 8. The summed E-state index contributed by atoms with van der Waals surface area (Å²) in [6, 6.07) is 3.73. The molecule has 0 saturated carbocycles. The summed E-state index contributed by atoms with van der Waals surface area (Å²) < 4.78 is 0.714. The summed E-state index contributed by atoms with van der Waals surface area (Å²) in [5.74, 6) is -0.802. The molecule has 1 rings (SSSR count). The number of carbonyl (C=O) groups is 2. The van der Waals surface area contributed by atoms with Crippen LogP contribution in [0.2, 0.25) is 4.34 Å². The monoisotopic (exact) mass is 318 g/mol. The molecule has 0 fully saturated rings. The average Bonchev–Trinajstić information content (AvgIpc) is 2.74. The highest BCUT2D eigenvalue weighted by atomic mass is 35.5. The van der Waals surface area contributed by atoms with E-state index < -0.39 is 5.97 Å². The van der Waals surface area contributed by atoms with E-state index in [0.717, 1.165) is 4.88 Å². The van der Waals surface area contributed by atoms with Crippen molar-refractivity contribution >= 4 is 34.8 Å². The highest BCUT2D eigenvalue weighted by Crippen LogP contribution is 2.22. The van der Waals surface area contributed by atoms with Crippen molar-refractivity contribution in [3.05, 3.63) is 21.3 Å². The maximum absolute atomic E-state index is 12.0. The molecule has 1 amide bonds. The van der Waals surface area contributed by atoms with Gasteiger partial charge in [0.25, 0.3) is 0 Å². The molecule has 1 N–H and O–H groups in total. The zero-order valence-corrected chi connectivity index (χ0v) is 13.2. The lowest BCUT2D eigenvalue weighted by molar-refractivity contribution is -0.137. The molecule has 0 aliphatic rings. The third-order valence-corrected chi connectivity index (χ3v) is 4.00. The van der Waals surface area contributed by atoms with Gasteiger partial charge in [0.2, 0.25) is 5.91 Å². The van der Waals surface area contributed by atoms with Gasteiger partial charge >= 0.3 is 5.97 Å². The second-order valence-electron chi connectivity index (χ2n) is 4.69. The minimum Gasteiger partial charge on any atom is -0.481 e. The summed E-state index contributed by atoms with van der Waals surface area (Å²) in [6.07, 6.45) is 0.672. The summed E-state index contributed by atoms with van der Waals surface area (Å²) >= 11 is 7.31. The number of carbonyl (C=O) groups excluding carboxylic acids is 1. The van der Waals surface area contributed by atoms with Crippen molar-refractivity contribution in [2.75, 3.05) is 27.2 Å². The van der Waals surface area contributed by atoms with Crippen LogP contribution in [0, 0.1) is 0 Å². The molecule has 0 saturated heterocycles. The van der Waals surface area contributed by atoms with Gasteiger partial charge in [0, 0.05) is 18.3 Å². The van der Waals surface area contributed by atoms with Gasteiger partial charge in [0.15, 0.2) is 0 Å². The summed E-state index contributed by atoms with van der Waals surface area (Å²) in [7, 11) is 3.57. The van der Waals surface area contributed by atoms with E-state index in [0.29, 0.717) is 23.8 Å². The third-order valence-electron chi connectivity index (χ3n) is 2.78. The number of aliphatic carboxylic acids is 1. The second-order valence-corrected chi connectivity index (χ2v) is 6.49. The third kappa shape index (κ3) is 6.36. The van der Waals surface area contributed by atoms with Crippen LogP contribution in [0.4, 0.5) is 0 Å². The summed E-state index contributed by atoms with van der Waals surface area (Å²) in [6.45, 7) is 1.42. The van der Waals surface area contributed by atoms with Crippen LogP contribution in [-0.4, -0.2) is 54.0 Å². The van der Waals surface area contributed by atoms with Crippen LogP contribution >= 0.6 is 22.9 Å². The summed E-state index contributed by atoms with van der Waals surface area (Å²) in [5, 5.41) is 8.56. The molecule has 112 valence electrons. The van der Waals surface area contributed by atoms with Gasteiger partial charge in [-0.25, -0.2) is 0 Å². The number of carboxylic acids is 1. The van der Waals surface area contributed by atoms with Gasteiger partial charge in [-0.2, -0.15) is 0 Å². The van der Waals surface area contributed by atoms with E-state index in [1.54, 1.807) is 11.9 Å². The Morgan fingerprint density at radius 2 is 2.05 bits per heavy atom. The van der Waals surface area contributed by atoms with Gasteiger partial charge in [-0.05, 0) is 32.1 Å². The van der Waals surface area contributed by atoms with E-state index in [-0.39, 0.29) is 18.9 Å². The van der Waals surface area contributed by atoms with Crippen LogP contribution in [0.5, 0.6) is 0 Å². The molecule has 1 heterocycles. The largest absolute Gasteiger partial charge is 0.481 e. The maximum Gasteiger partial charge on any atom is 0.303 e. The summed E-state index contributed by atoms with van der Waals surface area (Å²) in [5.41, 5.74) is 0. The first kappa shape index (κ1) is 16.9. The Balaban J connectivity index is 2.31. The van der Waals surface area contributed by atoms with Crippen molar-refractivity contribution in [1.29, 1.82) is 0 Å². The van der Waals surface area contributed by atoms with Crippen LogP contribution in [0.25, 0.3) is 0 Å². The SMILES string of the molecule is CN(CCCC(=O)O)CC(=O)N(C)Cc1ccc(Cl)s1. The molecule has 1 aromatic heterocycles. The molecule has 0 aromatic carbocycles. The minimum atomic E-state index is -0.809. The number of halogens is 1. The Bertz CT molecular complexity index is 464. The molecule has 0 radical (unpaired) electrons. The Kier molecular flexibility index (Phi) is 6.98. The van der Waals surface area contributed by atoms with E-state index in [4.69, 9.17) is 16.7 Å². The molecule has 7 heteroatoms. The number of hydrogen-bond donors (Lipinski definition) is 1. The van der Waals surface area contributed by atoms with Gasteiger partial charge in [0.05, 0.1) is 17.4 Å². The van der Waals surface area contributed by atoms with Gasteiger partial charge in [0.1, 0.15) is 0 Å². The smallest absolute Gasteiger partial charge is 0.303 e. The quantitative estimate of drug-likeness (QED) is 0.798. The molecule has 0 aliphatic heterocycles. The minimum absolute atomic E-state index is 0.00680. The summed E-state index contributed by atoms with van der Waals surface area (Å²) in [4.78, 5) is 26.9. The molecule has 0 atom stereocenters. The molecular weight excluding hydrogens is 300 g/mol. The standard InChI is InChI=1S/C13H19ClN2O3S/c1-15(7-3-4-13(18)19)9-12(17)16(2)8-10-5-6-11(14)20-10/h5-6H,3-4,7-9H2,1-2H3,(H,18,19). The number of nitrogens with zero attached hydrogens (tertiary/aromatic N) is 2. The van der Waals surface area contributed by atoms with E-state index in [2.05, 4.69) is 0 Å². The van der Waals surface area contributed by atoms with Crippen LogP contribution in [-0.2, 0) is 16.1 Å². The number of amides is 1. The van der Waals surface area contributed by atoms with Gasteiger partial charge in [-0.1, -0.05) is 11.6 Å². The Labute approximate surface area is 127 Å². The number of thiophene rings is 1. The van der Waals surface area contributed by atoms with Crippen molar-refractivity contribution in [1.82, 2.24) is 9.80 Å². The van der Waals surface area contributed by atoms with E-state index in [9.17, 15) is 9.59 Å². The normalized spacial score (nSPS) is 10.8. The van der Waals surface area contributed by atoms with Crippen molar-refractivity contribution in [3.8, 4) is 0 Å². The first-order valence-corrected chi connectivity index (χ1v) is 7.46. The first-order valence-electron chi connectivity index (χ1n) is 6.27. The molecule has 5 nitrogen and oxygen atoms in total. The van der Waals surface area contributed by atoms with Crippen LogP contribution in [0.15, 0.2) is 12.1 Å². The Hall–Kier alpha value is -1.11. The fraction of sp³-hybridized carbons (Fsp3) is 0.538. The lowest BCUT2D eigenvalue weighted by Crippen LogP contribution is -2.36. The van der Waals surface area contributed by atoms with E-state index in [1.807, 2.05) is 24.1 Å². The molecule has 0 bridgehead atoms. The highest BCUT2D eigenvalue weighted by molar-refractivity contribution is 7.16. The van der Waals surface area contributed by atoms with Gasteiger partial charge < -0.3 is 10.0 Å². The molecular formula is C13H19ClN2O3S. The fourth-order valence-electron chi connectivity index (χ4n) is 1.69. The molecule has 1 aromatic rings. The molecule has 20 heavy (non-hydrogen) atoms. The molecule has 0 unspecified atom stereocenters. The van der Waals surface area contributed by atoms with Crippen molar-refractivity contribution in [2.45, 2.75) is 19.4 Å². The van der Waals surface area contributed by atoms with Crippen molar-refractivity contribution < 1.29 is 14.7 Å². The first-order chi connectivity index (χ1) is 9.38. The van der Waals surface area contributed by atoms with Crippen LogP contribution < -0.4 is 0 Å². The van der Waals surface area contributed by atoms with Crippen molar-refractivity contribution in [2.24, 2.45) is 0 Å². The molecule has 0 spiro atoms. The number of likely N-dealkylation sites (N-methyl/N-ethyl adjacent to an activating group) is 2. The van der Waals surface area contributed by atoms with Crippen molar-refractivity contribution in [3.63, 3.8) is 0 Å².